The Morgan fingerprint density at radius 2 is 0.865 bits per heavy atom. The Kier molecular flexibility index (Phi) is 6.68. The Morgan fingerprint density at radius 1 is 0.514 bits per heavy atom. The third-order valence-corrected chi connectivity index (χ3v) is 6.05. The molecule has 5 aromatic rings. The summed E-state index contributed by atoms with van der Waals surface area (Å²) in [6.07, 6.45) is 0. The summed E-state index contributed by atoms with van der Waals surface area (Å²) in [4.78, 5) is 27.6. The van der Waals surface area contributed by atoms with Crippen LogP contribution in [0.3, 0.4) is 0 Å². The molecule has 0 aliphatic rings. The first-order valence-corrected chi connectivity index (χ1v) is 12.0. The van der Waals surface area contributed by atoms with Crippen LogP contribution in [0.25, 0.3) is 22.6 Å². The standard InChI is InChI=1S/C32H26N2O3/c1-21-13-17-23(18-14-21)29-27(31(35)33-25-9-5-3-6-10-25)28(32(36)34-26-11-7-4-8-12-26)30(37-29)24-19-15-22(2)16-20-24/h3-20H,1-2H3,(H,33,35)(H,34,36). The number of anilines is 2. The van der Waals surface area contributed by atoms with Crippen molar-refractivity contribution < 1.29 is 14.0 Å². The molecule has 0 aliphatic carbocycles. The molecule has 0 spiro atoms. The number of carbonyl (C=O) groups is 2. The third kappa shape index (κ3) is 5.21. The van der Waals surface area contributed by atoms with Crippen molar-refractivity contribution in [1.29, 1.82) is 0 Å². The van der Waals surface area contributed by atoms with Crippen LogP contribution in [0.15, 0.2) is 114 Å². The molecule has 0 aliphatic heterocycles. The lowest BCUT2D eigenvalue weighted by molar-refractivity contribution is 0.0992. The Balaban J connectivity index is 1.71. The minimum absolute atomic E-state index is 0.178. The van der Waals surface area contributed by atoms with Crippen LogP contribution in [0.4, 0.5) is 11.4 Å². The maximum atomic E-state index is 13.8. The molecule has 0 fully saturated rings. The van der Waals surface area contributed by atoms with Gasteiger partial charge in [-0.25, -0.2) is 0 Å². The van der Waals surface area contributed by atoms with Gasteiger partial charge in [0, 0.05) is 22.5 Å². The lowest BCUT2D eigenvalue weighted by Crippen LogP contribution is -2.20. The molecule has 0 atom stereocenters. The molecule has 5 nitrogen and oxygen atoms in total. The average Bonchev–Trinajstić information content (AvgIpc) is 3.32. The fourth-order valence-corrected chi connectivity index (χ4v) is 4.11. The summed E-state index contributed by atoms with van der Waals surface area (Å²) in [6, 6.07) is 33.7. The van der Waals surface area contributed by atoms with Gasteiger partial charge in [-0.05, 0) is 38.1 Å². The zero-order chi connectivity index (χ0) is 25.8. The Morgan fingerprint density at radius 3 is 1.22 bits per heavy atom. The van der Waals surface area contributed by atoms with Crippen molar-refractivity contribution in [2.45, 2.75) is 13.8 Å². The van der Waals surface area contributed by atoms with E-state index in [4.69, 9.17) is 4.42 Å². The van der Waals surface area contributed by atoms with Crippen LogP contribution in [-0.4, -0.2) is 11.8 Å². The minimum Gasteiger partial charge on any atom is -0.454 e. The molecule has 0 saturated heterocycles. The predicted molar refractivity (Wildman–Crippen MR) is 148 cm³/mol. The zero-order valence-electron chi connectivity index (χ0n) is 20.6. The number of amides is 2. The second-order valence-electron chi connectivity index (χ2n) is 8.88. The molecule has 2 amide bonds. The fourth-order valence-electron chi connectivity index (χ4n) is 4.11. The SMILES string of the molecule is Cc1ccc(-c2oc(-c3ccc(C)cc3)c(C(=O)Nc3ccccc3)c2C(=O)Nc2ccccc2)cc1. The summed E-state index contributed by atoms with van der Waals surface area (Å²) < 4.78 is 6.39. The van der Waals surface area contributed by atoms with Crippen molar-refractivity contribution in [2.75, 3.05) is 10.6 Å². The first-order chi connectivity index (χ1) is 18.0. The van der Waals surface area contributed by atoms with E-state index in [9.17, 15) is 9.59 Å². The number of para-hydroxylation sites is 2. The zero-order valence-corrected chi connectivity index (χ0v) is 20.6. The van der Waals surface area contributed by atoms with Gasteiger partial charge < -0.3 is 15.1 Å². The molecule has 0 radical (unpaired) electrons. The maximum Gasteiger partial charge on any atom is 0.260 e. The van der Waals surface area contributed by atoms with Crippen molar-refractivity contribution in [3.05, 3.63) is 131 Å². The predicted octanol–water partition coefficient (Wildman–Crippen LogP) is 7.74. The van der Waals surface area contributed by atoms with Crippen molar-refractivity contribution in [3.63, 3.8) is 0 Å². The molecule has 5 rings (SSSR count). The van der Waals surface area contributed by atoms with E-state index in [0.29, 0.717) is 34.0 Å². The van der Waals surface area contributed by atoms with Gasteiger partial charge in [-0.3, -0.25) is 9.59 Å². The number of aryl methyl sites for hydroxylation is 2. The van der Waals surface area contributed by atoms with Crippen LogP contribution in [0, 0.1) is 13.8 Å². The molecule has 4 aromatic carbocycles. The van der Waals surface area contributed by atoms with Crippen molar-refractivity contribution in [3.8, 4) is 22.6 Å². The number of hydrogen-bond donors (Lipinski definition) is 2. The van der Waals surface area contributed by atoms with E-state index < -0.39 is 11.8 Å². The van der Waals surface area contributed by atoms with Crippen molar-refractivity contribution >= 4 is 23.2 Å². The minimum atomic E-state index is -0.429. The highest BCUT2D eigenvalue weighted by Gasteiger charge is 2.32. The van der Waals surface area contributed by atoms with E-state index in [2.05, 4.69) is 10.6 Å². The van der Waals surface area contributed by atoms with E-state index in [1.807, 2.05) is 98.8 Å². The van der Waals surface area contributed by atoms with Gasteiger partial charge >= 0.3 is 0 Å². The van der Waals surface area contributed by atoms with Gasteiger partial charge in [-0.15, -0.1) is 0 Å². The largest absolute Gasteiger partial charge is 0.454 e. The second-order valence-corrected chi connectivity index (χ2v) is 8.88. The van der Waals surface area contributed by atoms with Crippen LogP contribution in [0.5, 0.6) is 0 Å². The average molecular weight is 487 g/mol. The Bertz CT molecular complexity index is 1420. The molecule has 0 bridgehead atoms. The first-order valence-electron chi connectivity index (χ1n) is 12.0. The van der Waals surface area contributed by atoms with Gasteiger partial charge in [0.25, 0.3) is 11.8 Å². The molecule has 182 valence electrons. The normalized spacial score (nSPS) is 10.6. The van der Waals surface area contributed by atoms with Crippen LogP contribution in [0.1, 0.15) is 31.8 Å². The molecule has 1 aromatic heterocycles. The highest BCUT2D eigenvalue weighted by molar-refractivity contribution is 6.20. The number of hydrogen-bond acceptors (Lipinski definition) is 3. The van der Waals surface area contributed by atoms with E-state index >= 15 is 0 Å². The molecule has 0 saturated carbocycles. The third-order valence-electron chi connectivity index (χ3n) is 6.05. The van der Waals surface area contributed by atoms with Crippen LogP contribution in [-0.2, 0) is 0 Å². The monoisotopic (exact) mass is 486 g/mol. The molecular formula is C32H26N2O3. The Hall–Kier alpha value is -4.90. The number of rotatable bonds is 6. The number of furan rings is 1. The van der Waals surface area contributed by atoms with Crippen molar-refractivity contribution in [2.24, 2.45) is 0 Å². The van der Waals surface area contributed by atoms with E-state index in [1.165, 1.54) is 0 Å². The van der Waals surface area contributed by atoms with Crippen LogP contribution >= 0.6 is 0 Å². The molecule has 1 heterocycles. The smallest absolute Gasteiger partial charge is 0.260 e. The number of carbonyl (C=O) groups excluding carboxylic acids is 2. The van der Waals surface area contributed by atoms with E-state index in [-0.39, 0.29) is 11.1 Å². The number of nitrogens with one attached hydrogen (secondary N) is 2. The molecule has 37 heavy (non-hydrogen) atoms. The van der Waals surface area contributed by atoms with Gasteiger partial charge in [0.05, 0.1) is 11.1 Å². The topological polar surface area (TPSA) is 71.3 Å². The fraction of sp³-hybridized carbons (Fsp3) is 0.0625. The summed E-state index contributed by atoms with van der Waals surface area (Å²) in [5, 5.41) is 5.87. The van der Waals surface area contributed by atoms with Gasteiger partial charge in [-0.1, -0.05) is 96.1 Å². The van der Waals surface area contributed by atoms with Crippen LogP contribution < -0.4 is 10.6 Å². The Labute approximate surface area is 215 Å². The summed E-state index contributed by atoms with van der Waals surface area (Å²) >= 11 is 0. The van der Waals surface area contributed by atoms with E-state index in [0.717, 1.165) is 11.1 Å². The highest BCUT2D eigenvalue weighted by Crippen LogP contribution is 2.38. The molecule has 5 heteroatoms. The van der Waals surface area contributed by atoms with E-state index in [1.54, 1.807) is 24.3 Å². The lowest BCUT2D eigenvalue weighted by atomic mass is 9.99. The highest BCUT2D eigenvalue weighted by atomic mass is 16.3. The summed E-state index contributed by atoms with van der Waals surface area (Å²) in [5.74, 6) is -0.186. The van der Waals surface area contributed by atoms with Gasteiger partial charge in [0.2, 0.25) is 0 Å². The molecule has 0 unspecified atom stereocenters. The lowest BCUT2D eigenvalue weighted by Gasteiger charge is -2.10. The van der Waals surface area contributed by atoms with Crippen LogP contribution in [0.2, 0.25) is 0 Å². The summed E-state index contributed by atoms with van der Waals surface area (Å²) in [6.45, 7) is 3.98. The van der Waals surface area contributed by atoms with Gasteiger partial charge in [-0.2, -0.15) is 0 Å². The summed E-state index contributed by atoms with van der Waals surface area (Å²) in [5.41, 5.74) is 5.16. The maximum absolute atomic E-state index is 13.8. The second kappa shape index (κ2) is 10.4. The van der Waals surface area contributed by atoms with Gasteiger partial charge in [0.15, 0.2) is 0 Å². The van der Waals surface area contributed by atoms with Gasteiger partial charge in [0.1, 0.15) is 11.5 Å². The first kappa shape index (κ1) is 23.8. The summed E-state index contributed by atoms with van der Waals surface area (Å²) in [7, 11) is 0. The number of benzene rings is 4. The molecule has 2 N–H and O–H groups in total. The molecular weight excluding hydrogens is 460 g/mol. The quantitative estimate of drug-likeness (QED) is 0.258. The van der Waals surface area contributed by atoms with Crippen molar-refractivity contribution in [1.82, 2.24) is 0 Å².